The summed E-state index contributed by atoms with van der Waals surface area (Å²) in [6.07, 6.45) is 6.43. The van der Waals surface area contributed by atoms with E-state index in [1.807, 2.05) is 6.26 Å². The van der Waals surface area contributed by atoms with Crippen molar-refractivity contribution < 1.29 is 9.90 Å². The maximum Gasteiger partial charge on any atom is 0.223 e. The number of hydrogen-bond donors (Lipinski definition) is 1. The number of hydrogen-bond acceptors (Lipinski definition) is 3. The first-order chi connectivity index (χ1) is 7.07. The summed E-state index contributed by atoms with van der Waals surface area (Å²) in [7, 11) is 1.79. The van der Waals surface area contributed by atoms with Gasteiger partial charge in [-0.2, -0.15) is 11.8 Å². The van der Waals surface area contributed by atoms with Crippen LogP contribution in [0.2, 0.25) is 0 Å². The van der Waals surface area contributed by atoms with E-state index in [1.165, 1.54) is 0 Å². The molecule has 0 bridgehead atoms. The standard InChI is InChI=1S/C11H21NO2S/c1-12(10(13)5-8-15-2)9-11(14)6-3-4-7-11/h14H,3-9H2,1-2H3. The number of nitrogens with zero attached hydrogens (tertiary/aromatic N) is 1. The van der Waals surface area contributed by atoms with Gasteiger partial charge in [-0.3, -0.25) is 4.79 Å². The van der Waals surface area contributed by atoms with Gasteiger partial charge < -0.3 is 10.0 Å². The maximum atomic E-state index is 11.6. The first kappa shape index (κ1) is 12.8. The molecule has 3 nitrogen and oxygen atoms in total. The summed E-state index contributed by atoms with van der Waals surface area (Å²) in [6.45, 7) is 0.500. The van der Waals surface area contributed by atoms with Crippen LogP contribution in [-0.4, -0.2) is 47.1 Å². The van der Waals surface area contributed by atoms with Gasteiger partial charge in [0.25, 0.3) is 0 Å². The molecule has 1 fully saturated rings. The molecule has 1 aliphatic carbocycles. The van der Waals surface area contributed by atoms with E-state index >= 15 is 0 Å². The van der Waals surface area contributed by atoms with Crippen molar-refractivity contribution in [3.63, 3.8) is 0 Å². The number of thioether (sulfide) groups is 1. The van der Waals surface area contributed by atoms with E-state index in [9.17, 15) is 9.90 Å². The van der Waals surface area contributed by atoms with Crippen molar-refractivity contribution in [2.24, 2.45) is 0 Å². The molecule has 4 heteroatoms. The first-order valence-electron chi connectivity index (χ1n) is 5.53. The van der Waals surface area contributed by atoms with Crippen molar-refractivity contribution in [1.82, 2.24) is 4.90 Å². The molecule has 0 heterocycles. The van der Waals surface area contributed by atoms with Crippen molar-refractivity contribution in [3.8, 4) is 0 Å². The van der Waals surface area contributed by atoms with Crippen LogP contribution in [0.1, 0.15) is 32.1 Å². The zero-order valence-corrected chi connectivity index (χ0v) is 10.5. The molecule has 0 aromatic heterocycles. The Morgan fingerprint density at radius 3 is 2.60 bits per heavy atom. The van der Waals surface area contributed by atoms with Crippen LogP contribution >= 0.6 is 11.8 Å². The molecule has 0 aliphatic heterocycles. The molecule has 0 aromatic rings. The van der Waals surface area contributed by atoms with E-state index in [1.54, 1.807) is 23.7 Å². The lowest BCUT2D eigenvalue weighted by atomic mass is 10.0. The summed E-state index contributed by atoms with van der Waals surface area (Å²) >= 11 is 1.68. The highest BCUT2D eigenvalue weighted by Crippen LogP contribution is 2.29. The molecule has 1 saturated carbocycles. The number of aliphatic hydroxyl groups is 1. The first-order valence-corrected chi connectivity index (χ1v) is 6.92. The van der Waals surface area contributed by atoms with Crippen molar-refractivity contribution in [1.29, 1.82) is 0 Å². The van der Waals surface area contributed by atoms with Gasteiger partial charge in [0.05, 0.1) is 5.60 Å². The third kappa shape index (κ3) is 4.03. The van der Waals surface area contributed by atoms with Crippen molar-refractivity contribution >= 4 is 17.7 Å². The van der Waals surface area contributed by atoms with Crippen LogP contribution in [0.5, 0.6) is 0 Å². The van der Waals surface area contributed by atoms with Crippen molar-refractivity contribution in [2.75, 3.05) is 25.6 Å². The molecule has 0 radical (unpaired) electrons. The minimum Gasteiger partial charge on any atom is -0.388 e. The van der Waals surface area contributed by atoms with Gasteiger partial charge in [0.1, 0.15) is 0 Å². The van der Waals surface area contributed by atoms with Crippen LogP contribution in [0, 0.1) is 0 Å². The zero-order valence-electron chi connectivity index (χ0n) is 9.66. The van der Waals surface area contributed by atoms with Gasteiger partial charge in [-0.25, -0.2) is 0 Å². The third-order valence-electron chi connectivity index (χ3n) is 3.01. The molecule has 88 valence electrons. The van der Waals surface area contributed by atoms with Crippen LogP contribution in [0.25, 0.3) is 0 Å². The van der Waals surface area contributed by atoms with Gasteiger partial charge in [0.15, 0.2) is 0 Å². The van der Waals surface area contributed by atoms with Crippen LogP contribution in [0.3, 0.4) is 0 Å². The highest BCUT2D eigenvalue weighted by molar-refractivity contribution is 7.98. The number of likely N-dealkylation sites (N-methyl/N-ethyl adjacent to an activating group) is 1. The predicted molar refractivity (Wildman–Crippen MR) is 64.1 cm³/mol. The fourth-order valence-electron chi connectivity index (χ4n) is 2.10. The quantitative estimate of drug-likeness (QED) is 0.779. The fourth-order valence-corrected chi connectivity index (χ4v) is 2.48. The predicted octanol–water partition coefficient (Wildman–Crippen LogP) is 1.50. The molecule has 1 rings (SSSR count). The Morgan fingerprint density at radius 2 is 2.07 bits per heavy atom. The smallest absolute Gasteiger partial charge is 0.223 e. The Balaban J connectivity index is 2.33. The van der Waals surface area contributed by atoms with E-state index in [2.05, 4.69) is 0 Å². The van der Waals surface area contributed by atoms with Crippen LogP contribution < -0.4 is 0 Å². The van der Waals surface area contributed by atoms with E-state index in [4.69, 9.17) is 0 Å². The average Bonchev–Trinajstić information content (AvgIpc) is 2.61. The number of carbonyl (C=O) groups excluding carboxylic acids is 1. The summed E-state index contributed by atoms with van der Waals surface area (Å²) in [6, 6.07) is 0. The van der Waals surface area contributed by atoms with Crippen LogP contribution in [-0.2, 0) is 4.79 Å². The molecular formula is C11H21NO2S. The largest absolute Gasteiger partial charge is 0.388 e. The topological polar surface area (TPSA) is 40.5 Å². The fraction of sp³-hybridized carbons (Fsp3) is 0.909. The molecule has 0 saturated heterocycles. The monoisotopic (exact) mass is 231 g/mol. The summed E-state index contributed by atoms with van der Waals surface area (Å²) in [5.41, 5.74) is -0.607. The van der Waals surface area contributed by atoms with Gasteiger partial charge >= 0.3 is 0 Å². The van der Waals surface area contributed by atoms with Crippen LogP contribution in [0.4, 0.5) is 0 Å². The van der Waals surface area contributed by atoms with Crippen LogP contribution in [0.15, 0.2) is 0 Å². The van der Waals surface area contributed by atoms with Crippen molar-refractivity contribution in [2.45, 2.75) is 37.7 Å². The third-order valence-corrected chi connectivity index (χ3v) is 3.62. The Kier molecular flexibility index (Phi) is 4.93. The summed E-state index contributed by atoms with van der Waals surface area (Å²) in [5, 5.41) is 10.1. The number of rotatable bonds is 5. The molecule has 0 atom stereocenters. The zero-order chi connectivity index (χ0) is 11.3. The lowest BCUT2D eigenvalue weighted by Crippen LogP contribution is -2.42. The molecule has 0 unspecified atom stereocenters. The highest BCUT2D eigenvalue weighted by Gasteiger charge is 2.33. The molecule has 1 amide bonds. The Morgan fingerprint density at radius 1 is 1.47 bits per heavy atom. The van der Waals surface area contributed by atoms with E-state index < -0.39 is 5.60 Å². The normalized spacial score (nSPS) is 19.1. The second kappa shape index (κ2) is 5.75. The minimum atomic E-state index is -0.607. The second-order valence-corrected chi connectivity index (χ2v) is 5.41. The summed E-state index contributed by atoms with van der Waals surface area (Å²) in [5.74, 6) is 1.01. The van der Waals surface area contributed by atoms with Gasteiger partial charge in [0.2, 0.25) is 5.91 Å². The number of amides is 1. The minimum absolute atomic E-state index is 0.143. The molecular weight excluding hydrogens is 210 g/mol. The van der Waals surface area contributed by atoms with Gasteiger partial charge in [-0.05, 0) is 19.1 Å². The lowest BCUT2D eigenvalue weighted by Gasteiger charge is -2.28. The highest BCUT2D eigenvalue weighted by atomic mass is 32.2. The van der Waals surface area contributed by atoms with Gasteiger partial charge in [-0.1, -0.05) is 12.8 Å². The van der Waals surface area contributed by atoms with E-state index in [-0.39, 0.29) is 5.91 Å². The Hall–Kier alpha value is -0.220. The van der Waals surface area contributed by atoms with Gasteiger partial charge in [-0.15, -0.1) is 0 Å². The Bertz CT molecular complexity index is 215. The maximum absolute atomic E-state index is 11.6. The lowest BCUT2D eigenvalue weighted by molar-refractivity contribution is -0.132. The molecule has 0 spiro atoms. The summed E-state index contributed by atoms with van der Waals surface area (Å²) in [4.78, 5) is 13.3. The van der Waals surface area contributed by atoms with E-state index in [0.717, 1.165) is 31.4 Å². The number of carbonyl (C=O) groups is 1. The average molecular weight is 231 g/mol. The summed E-state index contributed by atoms with van der Waals surface area (Å²) < 4.78 is 0. The van der Waals surface area contributed by atoms with Crippen molar-refractivity contribution in [3.05, 3.63) is 0 Å². The molecule has 1 aliphatic rings. The van der Waals surface area contributed by atoms with Gasteiger partial charge in [0, 0.05) is 25.8 Å². The molecule has 1 N–H and O–H groups in total. The van der Waals surface area contributed by atoms with E-state index in [0.29, 0.717) is 13.0 Å². The molecule has 0 aromatic carbocycles. The second-order valence-electron chi connectivity index (χ2n) is 4.42. The molecule has 15 heavy (non-hydrogen) atoms. The SMILES string of the molecule is CSCCC(=O)N(C)CC1(O)CCCC1. The Labute approximate surface area is 96.2 Å².